The summed E-state index contributed by atoms with van der Waals surface area (Å²) < 4.78 is 28.2. The predicted molar refractivity (Wildman–Crippen MR) is 75.2 cm³/mol. The minimum Gasteiger partial charge on any atom is -0.381 e. The van der Waals surface area contributed by atoms with E-state index >= 15 is 0 Å². The van der Waals surface area contributed by atoms with E-state index in [0.29, 0.717) is 12.2 Å². The van der Waals surface area contributed by atoms with Crippen LogP contribution in [0.4, 0.5) is 5.82 Å². The van der Waals surface area contributed by atoms with Crippen molar-refractivity contribution in [2.45, 2.75) is 24.7 Å². The topological polar surface area (TPSA) is 90.0 Å². The van der Waals surface area contributed by atoms with Gasteiger partial charge in [-0.1, -0.05) is 0 Å². The SMILES string of the molecule is CSCCCCNS(=O)(=O)c1c(N)nn(C)c1C. The summed E-state index contributed by atoms with van der Waals surface area (Å²) in [6.07, 6.45) is 3.84. The number of nitrogen functional groups attached to an aromatic ring is 1. The van der Waals surface area contributed by atoms with Crippen LogP contribution in [-0.4, -0.2) is 36.8 Å². The summed E-state index contributed by atoms with van der Waals surface area (Å²) in [5.74, 6) is 1.09. The normalized spacial score (nSPS) is 11.9. The number of nitrogens with zero attached hydrogens (tertiary/aromatic N) is 2. The fourth-order valence-electron chi connectivity index (χ4n) is 1.60. The fraction of sp³-hybridized carbons (Fsp3) is 0.700. The zero-order valence-corrected chi connectivity index (χ0v) is 12.6. The van der Waals surface area contributed by atoms with Crippen molar-refractivity contribution in [3.8, 4) is 0 Å². The second-order valence-corrected chi connectivity index (χ2v) is 6.71. The maximum atomic E-state index is 12.1. The minimum absolute atomic E-state index is 0.0478. The molecule has 0 bridgehead atoms. The van der Waals surface area contributed by atoms with E-state index in [1.165, 1.54) is 4.68 Å². The summed E-state index contributed by atoms with van der Waals surface area (Å²) in [6.45, 7) is 2.11. The molecule has 0 radical (unpaired) electrons. The van der Waals surface area contributed by atoms with Crippen molar-refractivity contribution >= 4 is 27.6 Å². The van der Waals surface area contributed by atoms with Crippen LogP contribution in [0.2, 0.25) is 0 Å². The summed E-state index contributed by atoms with van der Waals surface area (Å²) >= 11 is 1.75. The van der Waals surface area contributed by atoms with Crippen LogP contribution in [-0.2, 0) is 17.1 Å². The van der Waals surface area contributed by atoms with Crippen molar-refractivity contribution in [1.82, 2.24) is 14.5 Å². The molecule has 0 aliphatic carbocycles. The van der Waals surface area contributed by atoms with Gasteiger partial charge in [0.2, 0.25) is 10.0 Å². The molecule has 0 aliphatic rings. The van der Waals surface area contributed by atoms with Gasteiger partial charge >= 0.3 is 0 Å². The molecule has 1 heterocycles. The van der Waals surface area contributed by atoms with E-state index in [1.807, 2.05) is 6.26 Å². The van der Waals surface area contributed by atoms with E-state index in [2.05, 4.69) is 9.82 Å². The number of thioether (sulfide) groups is 1. The molecule has 1 rings (SSSR count). The Balaban J connectivity index is 2.69. The molecule has 0 saturated carbocycles. The van der Waals surface area contributed by atoms with Gasteiger partial charge in [0.1, 0.15) is 4.90 Å². The zero-order chi connectivity index (χ0) is 13.8. The molecule has 0 amide bonds. The van der Waals surface area contributed by atoms with Crippen molar-refractivity contribution < 1.29 is 8.42 Å². The summed E-state index contributed by atoms with van der Waals surface area (Å²) in [7, 11) is -1.88. The highest BCUT2D eigenvalue weighted by molar-refractivity contribution is 7.98. The lowest BCUT2D eigenvalue weighted by molar-refractivity contribution is 0.578. The predicted octanol–water partition coefficient (Wildman–Crippen LogP) is 0.732. The van der Waals surface area contributed by atoms with Gasteiger partial charge < -0.3 is 5.73 Å². The Morgan fingerprint density at radius 2 is 2.11 bits per heavy atom. The number of nitrogens with two attached hydrogens (primary N) is 1. The Morgan fingerprint density at radius 1 is 1.44 bits per heavy atom. The van der Waals surface area contributed by atoms with Gasteiger partial charge in [-0.3, -0.25) is 4.68 Å². The van der Waals surface area contributed by atoms with Gasteiger partial charge in [-0.05, 0) is 31.8 Å². The van der Waals surface area contributed by atoms with E-state index in [-0.39, 0.29) is 10.7 Å². The number of sulfonamides is 1. The van der Waals surface area contributed by atoms with Gasteiger partial charge in [0.05, 0.1) is 5.69 Å². The third-order valence-electron chi connectivity index (χ3n) is 2.64. The number of anilines is 1. The molecule has 104 valence electrons. The molecule has 8 heteroatoms. The van der Waals surface area contributed by atoms with Crippen LogP contribution in [0, 0.1) is 6.92 Å². The van der Waals surface area contributed by atoms with Crippen molar-refractivity contribution in [3.05, 3.63) is 5.69 Å². The summed E-state index contributed by atoms with van der Waals surface area (Å²) in [5.41, 5.74) is 6.17. The average molecular weight is 292 g/mol. The number of hydrogen-bond acceptors (Lipinski definition) is 5. The van der Waals surface area contributed by atoms with E-state index < -0.39 is 10.0 Å². The van der Waals surface area contributed by atoms with E-state index in [4.69, 9.17) is 5.73 Å². The monoisotopic (exact) mass is 292 g/mol. The molecule has 0 aliphatic heterocycles. The highest BCUT2D eigenvalue weighted by Gasteiger charge is 2.23. The molecule has 0 spiro atoms. The van der Waals surface area contributed by atoms with Crippen LogP contribution in [0.15, 0.2) is 4.90 Å². The first kappa shape index (κ1) is 15.3. The summed E-state index contributed by atoms with van der Waals surface area (Å²) in [4.78, 5) is 0.0925. The number of unbranched alkanes of at least 4 members (excludes halogenated alkanes) is 1. The van der Waals surface area contributed by atoms with Gasteiger partial charge in [0.15, 0.2) is 5.82 Å². The lowest BCUT2D eigenvalue weighted by atomic mass is 10.3. The van der Waals surface area contributed by atoms with E-state index in [9.17, 15) is 8.42 Å². The highest BCUT2D eigenvalue weighted by atomic mass is 32.2. The molecule has 0 saturated heterocycles. The van der Waals surface area contributed by atoms with Gasteiger partial charge in [-0.25, -0.2) is 13.1 Å². The number of aryl methyl sites for hydroxylation is 1. The van der Waals surface area contributed by atoms with Crippen molar-refractivity contribution in [3.63, 3.8) is 0 Å². The van der Waals surface area contributed by atoms with Crippen molar-refractivity contribution in [2.75, 3.05) is 24.3 Å². The van der Waals surface area contributed by atoms with Crippen molar-refractivity contribution in [1.29, 1.82) is 0 Å². The second-order valence-electron chi connectivity index (χ2n) is 4.02. The van der Waals surface area contributed by atoms with Crippen LogP contribution in [0.3, 0.4) is 0 Å². The lowest BCUT2D eigenvalue weighted by Gasteiger charge is -2.06. The van der Waals surface area contributed by atoms with Crippen LogP contribution < -0.4 is 10.5 Å². The second kappa shape index (κ2) is 6.44. The maximum Gasteiger partial charge on any atom is 0.246 e. The average Bonchev–Trinajstić information content (AvgIpc) is 2.53. The van der Waals surface area contributed by atoms with Gasteiger partial charge in [0.25, 0.3) is 0 Å². The minimum atomic E-state index is -3.55. The Morgan fingerprint density at radius 3 is 2.61 bits per heavy atom. The van der Waals surface area contributed by atoms with Gasteiger partial charge in [-0.2, -0.15) is 16.9 Å². The molecule has 0 atom stereocenters. The molecule has 0 unspecified atom stereocenters. The van der Waals surface area contributed by atoms with Crippen LogP contribution in [0.25, 0.3) is 0 Å². The van der Waals surface area contributed by atoms with E-state index in [1.54, 1.807) is 25.7 Å². The molecule has 1 aromatic rings. The maximum absolute atomic E-state index is 12.1. The standard InChI is InChI=1S/C10H20N4O2S2/c1-8-9(10(11)13-14(8)2)18(15,16)12-6-4-5-7-17-3/h12H,4-7H2,1-3H3,(H2,11,13). The Hall–Kier alpha value is -0.730. The first-order valence-electron chi connectivity index (χ1n) is 5.68. The third kappa shape index (κ3) is 3.63. The molecule has 6 nitrogen and oxygen atoms in total. The quantitative estimate of drug-likeness (QED) is 0.723. The molecule has 0 fully saturated rings. The van der Waals surface area contributed by atoms with Gasteiger partial charge in [-0.15, -0.1) is 0 Å². The first-order valence-corrected chi connectivity index (χ1v) is 8.55. The van der Waals surface area contributed by atoms with Crippen LogP contribution in [0.5, 0.6) is 0 Å². The first-order chi connectivity index (χ1) is 8.40. The molecule has 1 aromatic heterocycles. The Kier molecular flexibility index (Phi) is 5.48. The molecular formula is C10H20N4O2S2. The van der Waals surface area contributed by atoms with Crippen LogP contribution >= 0.6 is 11.8 Å². The fourth-order valence-corrected chi connectivity index (χ4v) is 3.48. The summed E-state index contributed by atoms with van der Waals surface area (Å²) in [5, 5.41) is 3.91. The molecule has 18 heavy (non-hydrogen) atoms. The number of nitrogens with one attached hydrogen (secondary N) is 1. The molecular weight excluding hydrogens is 272 g/mol. The molecule has 0 aromatic carbocycles. The van der Waals surface area contributed by atoms with Crippen molar-refractivity contribution in [2.24, 2.45) is 7.05 Å². The zero-order valence-electron chi connectivity index (χ0n) is 10.9. The van der Waals surface area contributed by atoms with Gasteiger partial charge in [0, 0.05) is 13.6 Å². The largest absolute Gasteiger partial charge is 0.381 e. The molecule has 3 N–H and O–H groups in total. The number of rotatable bonds is 7. The van der Waals surface area contributed by atoms with E-state index in [0.717, 1.165) is 18.6 Å². The lowest BCUT2D eigenvalue weighted by Crippen LogP contribution is -2.26. The smallest absolute Gasteiger partial charge is 0.246 e. The van der Waals surface area contributed by atoms with Crippen LogP contribution in [0.1, 0.15) is 18.5 Å². The number of hydrogen-bond donors (Lipinski definition) is 2. The summed E-state index contributed by atoms with van der Waals surface area (Å²) in [6, 6.07) is 0. The highest BCUT2D eigenvalue weighted by Crippen LogP contribution is 2.20. The number of aromatic nitrogens is 2. The Labute approximate surface area is 112 Å². The Bertz CT molecular complexity index is 496. The third-order valence-corrected chi connectivity index (χ3v) is 4.96.